The second-order valence-corrected chi connectivity index (χ2v) is 9.11. The standard InChI is InChI=1S/C8H20N.C4HF9O3S/c1-8(2,3)7-9(4,5)6;5-1(6,3(9,10)11)2(7,8)4(12,13)17(14,15)16/h7H2,1-6H3;(H,14,15,16)/q+1;. The molecule has 0 aliphatic carbocycles. The van der Waals surface area contributed by atoms with Crippen LogP contribution in [0.25, 0.3) is 0 Å². The first-order valence-electron chi connectivity index (χ1n) is 6.68. The minimum atomic E-state index is -7.37. The van der Waals surface area contributed by atoms with Gasteiger partial charge >= 0.3 is 33.4 Å². The lowest BCUT2D eigenvalue weighted by atomic mass is 9.96. The van der Waals surface area contributed by atoms with Gasteiger partial charge in [-0.25, -0.2) is 0 Å². The third-order valence-electron chi connectivity index (χ3n) is 2.39. The van der Waals surface area contributed by atoms with Crippen LogP contribution in [0, 0.1) is 5.41 Å². The molecule has 0 saturated heterocycles. The molecule has 0 atom stereocenters. The molecule has 0 rings (SSSR count). The molecular formula is C12H21F9NO3S+. The van der Waals surface area contributed by atoms with E-state index in [4.69, 9.17) is 4.55 Å². The average Bonchev–Trinajstić information content (AvgIpc) is 2.20. The lowest BCUT2D eigenvalue weighted by Crippen LogP contribution is -2.63. The van der Waals surface area contributed by atoms with Crippen LogP contribution >= 0.6 is 0 Å². The summed E-state index contributed by atoms with van der Waals surface area (Å²) in [6.45, 7) is 8.05. The minimum absolute atomic E-state index is 0.457. The fourth-order valence-corrected chi connectivity index (χ4v) is 2.40. The van der Waals surface area contributed by atoms with Gasteiger partial charge in [-0.3, -0.25) is 4.55 Å². The van der Waals surface area contributed by atoms with Crippen molar-refractivity contribution in [3.8, 4) is 0 Å². The van der Waals surface area contributed by atoms with Crippen molar-refractivity contribution in [1.29, 1.82) is 0 Å². The molecule has 0 aliphatic heterocycles. The molecule has 0 aromatic carbocycles. The van der Waals surface area contributed by atoms with Gasteiger partial charge in [0.05, 0.1) is 27.7 Å². The summed E-state index contributed by atoms with van der Waals surface area (Å²) in [5.74, 6) is -14.7. The van der Waals surface area contributed by atoms with Crippen molar-refractivity contribution in [2.45, 2.75) is 44.0 Å². The van der Waals surface area contributed by atoms with Crippen LogP contribution in [0.2, 0.25) is 0 Å². The van der Waals surface area contributed by atoms with Crippen LogP contribution < -0.4 is 0 Å². The maximum Gasteiger partial charge on any atom is 0.460 e. The SMILES string of the molecule is CC(C)(C)C[N+](C)(C)C.O=S(=O)(O)C(F)(F)C(F)(F)C(F)(F)C(F)(F)F. The van der Waals surface area contributed by atoms with Gasteiger partial charge < -0.3 is 4.48 Å². The summed E-state index contributed by atoms with van der Waals surface area (Å²) in [5, 5.41) is -7.00. The lowest BCUT2D eigenvalue weighted by Gasteiger charge is -2.31. The highest BCUT2D eigenvalue weighted by Crippen LogP contribution is 2.54. The van der Waals surface area contributed by atoms with E-state index in [2.05, 4.69) is 41.9 Å². The van der Waals surface area contributed by atoms with Gasteiger partial charge in [-0.2, -0.15) is 47.9 Å². The molecule has 14 heteroatoms. The average molecular weight is 430 g/mol. The molecule has 0 bridgehead atoms. The van der Waals surface area contributed by atoms with E-state index in [-0.39, 0.29) is 0 Å². The number of hydrogen-bond donors (Lipinski definition) is 1. The molecule has 0 aromatic rings. The number of hydrogen-bond acceptors (Lipinski definition) is 2. The summed E-state index contributed by atoms with van der Waals surface area (Å²) in [7, 11) is -0.485. The van der Waals surface area contributed by atoms with Gasteiger partial charge in [0.2, 0.25) is 0 Å². The Bertz CT molecular complexity index is 560. The molecule has 1 N–H and O–H groups in total. The van der Waals surface area contributed by atoms with Gasteiger partial charge in [0.1, 0.15) is 0 Å². The minimum Gasteiger partial charge on any atom is -0.330 e. The Hall–Kier alpha value is -0.760. The molecule has 0 unspecified atom stereocenters. The van der Waals surface area contributed by atoms with Crippen molar-refractivity contribution < 1.29 is 57.0 Å². The summed E-state index contributed by atoms with van der Waals surface area (Å²) in [6.07, 6.45) is -7.13. The van der Waals surface area contributed by atoms with Crippen molar-refractivity contribution in [3.05, 3.63) is 0 Å². The first-order valence-corrected chi connectivity index (χ1v) is 8.12. The molecule has 4 nitrogen and oxygen atoms in total. The zero-order valence-electron chi connectivity index (χ0n) is 14.7. The third kappa shape index (κ3) is 6.76. The molecule has 0 radical (unpaired) electrons. The van der Waals surface area contributed by atoms with Crippen LogP contribution in [-0.2, 0) is 10.1 Å². The highest BCUT2D eigenvalue weighted by atomic mass is 32.2. The number of alkyl halides is 9. The Morgan fingerprint density at radius 1 is 0.769 bits per heavy atom. The maximum atomic E-state index is 12.2. The molecular weight excluding hydrogens is 409 g/mol. The smallest absolute Gasteiger partial charge is 0.330 e. The van der Waals surface area contributed by atoms with Crippen LogP contribution in [0.5, 0.6) is 0 Å². The first-order chi connectivity index (χ1) is 10.7. The maximum absolute atomic E-state index is 12.2. The Morgan fingerprint density at radius 3 is 1.19 bits per heavy atom. The quantitative estimate of drug-likeness (QED) is 0.416. The number of quaternary nitrogens is 1. The van der Waals surface area contributed by atoms with Gasteiger partial charge in [0.15, 0.2) is 0 Å². The predicted molar refractivity (Wildman–Crippen MR) is 74.8 cm³/mol. The van der Waals surface area contributed by atoms with E-state index in [1.807, 2.05) is 0 Å². The Labute approximate surface area is 145 Å². The van der Waals surface area contributed by atoms with Gasteiger partial charge in [-0.05, 0) is 0 Å². The molecule has 26 heavy (non-hydrogen) atoms. The van der Waals surface area contributed by atoms with Gasteiger partial charge in [0.25, 0.3) is 0 Å². The fraction of sp³-hybridized carbons (Fsp3) is 1.00. The Kier molecular flexibility index (Phi) is 7.75. The molecule has 0 aromatic heterocycles. The monoisotopic (exact) mass is 430 g/mol. The molecule has 0 heterocycles. The number of nitrogens with zero attached hydrogens (tertiary/aromatic N) is 1. The van der Waals surface area contributed by atoms with Gasteiger partial charge in [0, 0.05) is 5.41 Å². The molecule has 0 saturated carbocycles. The lowest BCUT2D eigenvalue weighted by molar-refractivity contribution is -0.876. The van der Waals surface area contributed by atoms with Crippen molar-refractivity contribution in [2.24, 2.45) is 5.41 Å². The summed E-state index contributed by atoms with van der Waals surface area (Å²) in [4.78, 5) is 0. The zero-order valence-corrected chi connectivity index (χ0v) is 15.5. The first kappa shape index (κ1) is 27.5. The van der Waals surface area contributed by atoms with E-state index in [0.29, 0.717) is 5.41 Å². The molecule has 160 valence electrons. The van der Waals surface area contributed by atoms with Crippen LogP contribution in [-0.4, -0.2) is 68.4 Å². The number of halogens is 9. The summed E-state index contributed by atoms with van der Waals surface area (Å²) in [5.41, 5.74) is 0.457. The van der Waals surface area contributed by atoms with Crippen molar-refractivity contribution >= 4 is 10.1 Å². The van der Waals surface area contributed by atoms with E-state index in [1.165, 1.54) is 6.54 Å². The second kappa shape index (κ2) is 7.34. The van der Waals surface area contributed by atoms with Crippen molar-refractivity contribution in [2.75, 3.05) is 27.7 Å². The topological polar surface area (TPSA) is 54.4 Å². The van der Waals surface area contributed by atoms with Crippen molar-refractivity contribution in [3.63, 3.8) is 0 Å². The Morgan fingerprint density at radius 2 is 1.08 bits per heavy atom. The third-order valence-corrected chi connectivity index (χ3v) is 3.29. The summed E-state index contributed by atoms with van der Waals surface area (Å²) in [6, 6.07) is 0. The van der Waals surface area contributed by atoms with E-state index in [0.717, 1.165) is 4.48 Å². The van der Waals surface area contributed by atoms with Gasteiger partial charge in [-0.15, -0.1) is 0 Å². The largest absolute Gasteiger partial charge is 0.460 e. The molecule has 0 spiro atoms. The highest BCUT2D eigenvalue weighted by Gasteiger charge is 2.85. The van der Waals surface area contributed by atoms with Crippen LogP contribution in [0.15, 0.2) is 0 Å². The van der Waals surface area contributed by atoms with Crippen LogP contribution in [0.1, 0.15) is 20.8 Å². The highest BCUT2D eigenvalue weighted by molar-refractivity contribution is 7.87. The van der Waals surface area contributed by atoms with Crippen molar-refractivity contribution in [1.82, 2.24) is 0 Å². The molecule has 0 aliphatic rings. The number of rotatable bonds is 4. The molecule has 0 fully saturated rings. The molecule has 0 amide bonds. The Balaban J connectivity index is 0. The second-order valence-electron chi connectivity index (χ2n) is 7.65. The fourth-order valence-electron chi connectivity index (χ4n) is 1.95. The van der Waals surface area contributed by atoms with Crippen LogP contribution in [0.4, 0.5) is 39.5 Å². The summed E-state index contributed by atoms with van der Waals surface area (Å²) < 4.78 is 135. The zero-order chi connectivity index (χ0) is 22.2. The van der Waals surface area contributed by atoms with E-state index >= 15 is 0 Å². The van der Waals surface area contributed by atoms with Crippen LogP contribution in [0.3, 0.4) is 0 Å². The van der Waals surface area contributed by atoms with E-state index < -0.39 is 33.4 Å². The van der Waals surface area contributed by atoms with E-state index in [9.17, 15) is 47.9 Å². The van der Waals surface area contributed by atoms with Gasteiger partial charge in [-0.1, -0.05) is 20.8 Å². The predicted octanol–water partition coefficient (Wildman–Crippen LogP) is 4.04. The van der Waals surface area contributed by atoms with E-state index in [1.54, 1.807) is 0 Å². The summed E-state index contributed by atoms with van der Waals surface area (Å²) >= 11 is 0. The normalized spacial score (nSPS) is 15.4.